The van der Waals surface area contributed by atoms with Gasteiger partial charge in [-0.15, -0.1) is 0 Å². The highest BCUT2D eigenvalue weighted by atomic mass is 16.6. The molecule has 0 spiro atoms. The summed E-state index contributed by atoms with van der Waals surface area (Å²) < 4.78 is 0. The zero-order chi connectivity index (χ0) is 12.3. The number of hydrogen-bond acceptors (Lipinski definition) is 4. The van der Waals surface area contributed by atoms with Crippen molar-refractivity contribution in [3.8, 4) is 0 Å². The van der Waals surface area contributed by atoms with Crippen LogP contribution in [0, 0.1) is 17.0 Å². The van der Waals surface area contributed by atoms with Crippen molar-refractivity contribution in [3.63, 3.8) is 0 Å². The molecule has 0 saturated carbocycles. The lowest BCUT2D eigenvalue weighted by Crippen LogP contribution is -2.21. The Balaban J connectivity index is 3.00. The van der Waals surface area contributed by atoms with E-state index >= 15 is 0 Å². The van der Waals surface area contributed by atoms with Gasteiger partial charge in [-0.2, -0.15) is 0 Å². The van der Waals surface area contributed by atoms with Gasteiger partial charge in [0.25, 0.3) is 5.69 Å². The van der Waals surface area contributed by atoms with Crippen molar-refractivity contribution in [2.24, 2.45) is 0 Å². The molecular formula is C9H8N2O5. The first-order valence-electron chi connectivity index (χ1n) is 4.21. The number of carbonyl (C=O) groups excluding carboxylic acids is 1. The Morgan fingerprint density at radius 3 is 2.56 bits per heavy atom. The number of carboxylic acids is 1. The molecular weight excluding hydrogens is 216 g/mol. The molecule has 0 aliphatic heterocycles. The van der Waals surface area contributed by atoms with E-state index in [9.17, 15) is 19.7 Å². The van der Waals surface area contributed by atoms with Crippen molar-refractivity contribution in [2.45, 2.75) is 6.92 Å². The number of nitro benzene ring substituents is 1. The van der Waals surface area contributed by atoms with E-state index in [1.807, 2.05) is 5.32 Å². The highest BCUT2D eigenvalue weighted by Gasteiger charge is 2.15. The largest absolute Gasteiger partial charge is 0.474 e. The molecule has 1 aromatic rings. The summed E-state index contributed by atoms with van der Waals surface area (Å²) in [6.07, 6.45) is 0. The molecule has 16 heavy (non-hydrogen) atoms. The van der Waals surface area contributed by atoms with Gasteiger partial charge in [-0.1, -0.05) is 6.07 Å². The molecule has 7 heteroatoms. The molecule has 7 nitrogen and oxygen atoms in total. The first kappa shape index (κ1) is 11.6. The molecule has 1 aromatic carbocycles. The summed E-state index contributed by atoms with van der Waals surface area (Å²) >= 11 is 0. The zero-order valence-electron chi connectivity index (χ0n) is 8.26. The normalized spacial score (nSPS) is 9.56. The van der Waals surface area contributed by atoms with Gasteiger partial charge in [0.1, 0.15) is 0 Å². The second kappa shape index (κ2) is 4.39. The van der Waals surface area contributed by atoms with Crippen LogP contribution < -0.4 is 5.32 Å². The van der Waals surface area contributed by atoms with Crippen LogP contribution in [0.2, 0.25) is 0 Å². The molecule has 1 rings (SSSR count). The molecule has 0 unspecified atom stereocenters. The molecule has 0 aliphatic carbocycles. The van der Waals surface area contributed by atoms with Gasteiger partial charge in [0.2, 0.25) is 0 Å². The molecule has 1 amide bonds. The number of nitrogens with one attached hydrogen (secondary N) is 1. The Bertz CT molecular complexity index is 469. The van der Waals surface area contributed by atoms with Gasteiger partial charge >= 0.3 is 11.9 Å². The van der Waals surface area contributed by atoms with Gasteiger partial charge in [-0.05, 0) is 13.0 Å². The molecule has 0 saturated heterocycles. The highest BCUT2D eigenvalue weighted by molar-refractivity contribution is 6.36. The Kier molecular flexibility index (Phi) is 3.19. The molecule has 0 atom stereocenters. The number of aliphatic carboxylic acids is 1. The van der Waals surface area contributed by atoms with Crippen molar-refractivity contribution in [1.82, 2.24) is 0 Å². The number of carbonyl (C=O) groups is 2. The number of anilines is 1. The van der Waals surface area contributed by atoms with E-state index in [0.717, 1.165) is 6.07 Å². The smallest absolute Gasteiger partial charge is 0.394 e. The molecule has 0 heterocycles. The lowest BCUT2D eigenvalue weighted by atomic mass is 10.2. The monoisotopic (exact) mass is 224 g/mol. The summed E-state index contributed by atoms with van der Waals surface area (Å²) in [5.74, 6) is -2.89. The lowest BCUT2D eigenvalue weighted by molar-refractivity contribution is -0.385. The maximum absolute atomic E-state index is 10.8. The third-order valence-corrected chi connectivity index (χ3v) is 1.86. The first-order valence-corrected chi connectivity index (χ1v) is 4.21. The minimum Gasteiger partial charge on any atom is -0.474 e. The maximum atomic E-state index is 10.8. The fraction of sp³-hybridized carbons (Fsp3) is 0.111. The van der Waals surface area contributed by atoms with E-state index in [2.05, 4.69) is 0 Å². The molecule has 0 radical (unpaired) electrons. The number of rotatable bonds is 2. The highest BCUT2D eigenvalue weighted by Crippen LogP contribution is 2.22. The quantitative estimate of drug-likeness (QED) is 0.441. The van der Waals surface area contributed by atoms with E-state index < -0.39 is 16.8 Å². The van der Waals surface area contributed by atoms with Crippen LogP contribution in [0.3, 0.4) is 0 Å². The Hall–Kier alpha value is -2.44. The zero-order valence-corrected chi connectivity index (χ0v) is 8.26. The van der Waals surface area contributed by atoms with E-state index in [-0.39, 0.29) is 11.4 Å². The number of hydrogen-bond donors (Lipinski definition) is 2. The maximum Gasteiger partial charge on any atom is 0.394 e. The molecule has 0 fully saturated rings. The van der Waals surface area contributed by atoms with Gasteiger partial charge in [-0.25, -0.2) is 4.79 Å². The standard InChI is InChI=1S/C9H8N2O5/c1-5-2-3-6(4-7(5)11(15)16)10-8(12)9(13)14/h2-4H,1H3,(H,10,12)(H,13,14). The Labute approximate surface area is 89.8 Å². The fourth-order valence-corrected chi connectivity index (χ4v) is 1.07. The number of nitrogens with zero attached hydrogens (tertiary/aromatic N) is 1. The van der Waals surface area contributed by atoms with Crippen molar-refractivity contribution >= 4 is 23.3 Å². The van der Waals surface area contributed by atoms with Crippen molar-refractivity contribution in [1.29, 1.82) is 0 Å². The van der Waals surface area contributed by atoms with Crippen molar-refractivity contribution in [2.75, 3.05) is 5.32 Å². The van der Waals surface area contributed by atoms with Gasteiger partial charge in [0.15, 0.2) is 0 Å². The van der Waals surface area contributed by atoms with Gasteiger partial charge in [0, 0.05) is 17.3 Å². The van der Waals surface area contributed by atoms with Crippen molar-refractivity contribution in [3.05, 3.63) is 33.9 Å². The van der Waals surface area contributed by atoms with Crippen LogP contribution in [-0.2, 0) is 9.59 Å². The number of benzene rings is 1. The van der Waals surface area contributed by atoms with Crippen LogP contribution in [0.5, 0.6) is 0 Å². The lowest BCUT2D eigenvalue weighted by Gasteiger charge is -2.03. The SMILES string of the molecule is Cc1ccc(NC(=O)C(=O)O)cc1[N+](=O)[O-]. The van der Waals surface area contributed by atoms with Crippen molar-refractivity contribution < 1.29 is 19.6 Å². The summed E-state index contributed by atoms with van der Waals surface area (Å²) in [4.78, 5) is 31.0. The van der Waals surface area contributed by atoms with E-state index in [1.165, 1.54) is 12.1 Å². The fourth-order valence-electron chi connectivity index (χ4n) is 1.07. The van der Waals surface area contributed by atoms with Crippen LogP contribution in [0.25, 0.3) is 0 Å². The number of aryl methyl sites for hydroxylation is 1. The predicted molar refractivity (Wildman–Crippen MR) is 54.1 cm³/mol. The number of amides is 1. The van der Waals surface area contributed by atoms with E-state index in [1.54, 1.807) is 6.92 Å². The van der Waals surface area contributed by atoms with Crippen LogP contribution in [-0.4, -0.2) is 21.9 Å². The third-order valence-electron chi connectivity index (χ3n) is 1.86. The number of nitro groups is 1. The summed E-state index contributed by atoms with van der Waals surface area (Å²) in [6.45, 7) is 1.54. The summed E-state index contributed by atoms with van der Waals surface area (Å²) in [6, 6.07) is 3.93. The van der Waals surface area contributed by atoms with Crippen LogP contribution in [0.4, 0.5) is 11.4 Å². The number of carboxylic acid groups (broad SMARTS) is 1. The first-order chi connectivity index (χ1) is 7.41. The average molecular weight is 224 g/mol. The molecule has 0 bridgehead atoms. The molecule has 0 aromatic heterocycles. The minimum atomic E-state index is -1.65. The van der Waals surface area contributed by atoms with Crippen LogP contribution in [0.15, 0.2) is 18.2 Å². The Morgan fingerprint density at radius 1 is 1.44 bits per heavy atom. The minimum absolute atomic E-state index is 0.0738. The van der Waals surface area contributed by atoms with Gasteiger partial charge in [0.05, 0.1) is 4.92 Å². The summed E-state index contributed by atoms with van der Waals surface area (Å²) in [5.41, 5.74) is 0.325. The second-order valence-corrected chi connectivity index (χ2v) is 3.02. The van der Waals surface area contributed by atoms with Gasteiger partial charge < -0.3 is 10.4 Å². The molecule has 2 N–H and O–H groups in total. The van der Waals surface area contributed by atoms with Gasteiger partial charge in [-0.3, -0.25) is 14.9 Å². The Morgan fingerprint density at radius 2 is 2.06 bits per heavy atom. The molecule has 84 valence electrons. The topological polar surface area (TPSA) is 110 Å². The van der Waals surface area contributed by atoms with Crippen LogP contribution in [0.1, 0.15) is 5.56 Å². The summed E-state index contributed by atoms with van der Waals surface area (Å²) in [5, 5.41) is 20.9. The average Bonchev–Trinajstić information content (AvgIpc) is 2.20. The van der Waals surface area contributed by atoms with E-state index in [4.69, 9.17) is 5.11 Å². The molecule has 0 aliphatic rings. The van der Waals surface area contributed by atoms with Crippen LogP contribution >= 0.6 is 0 Å². The third kappa shape index (κ3) is 2.53. The predicted octanol–water partition coefficient (Wildman–Crippen LogP) is 0.926. The summed E-state index contributed by atoms with van der Waals surface area (Å²) in [7, 11) is 0. The van der Waals surface area contributed by atoms with E-state index in [0.29, 0.717) is 5.56 Å². The second-order valence-electron chi connectivity index (χ2n) is 3.02.